The number of hydrogen-bond acceptors (Lipinski definition) is 0. The van der Waals surface area contributed by atoms with E-state index >= 15 is 0 Å². The maximum atomic E-state index is 5.61. The summed E-state index contributed by atoms with van der Waals surface area (Å²) in [7, 11) is 5.61. The highest BCUT2D eigenvalue weighted by Crippen LogP contribution is 2.48. The van der Waals surface area contributed by atoms with Crippen LogP contribution in [0, 0.1) is 16.2 Å². The van der Waals surface area contributed by atoms with Crippen molar-refractivity contribution in [2.24, 2.45) is 16.2 Å². The first kappa shape index (κ1) is 15.1. The van der Waals surface area contributed by atoms with Crippen molar-refractivity contribution in [1.82, 2.24) is 0 Å². The molecule has 0 spiro atoms. The van der Waals surface area contributed by atoms with Gasteiger partial charge in [-0.1, -0.05) is 61.2 Å². The van der Waals surface area contributed by atoms with Crippen LogP contribution in [0.1, 0.15) is 67.7 Å². The lowest BCUT2D eigenvalue weighted by Crippen LogP contribution is -2.35. The van der Waals surface area contributed by atoms with E-state index in [0.717, 1.165) is 12.7 Å². The number of hydrogen-bond donors (Lipinski definition) is 0. The molecule has 2 radical (unpaired) electrons. The molecule has 0 aromatic heterocycles. The molecule has 0 aliphatic carbocycles. The molecule has 0 saturated carbocycles. The molecule has 0 rings (SSSR count). The van der Waals surface area contributed by atoms with Gasteiger partial charge in [-0.25, -0.2) is 0 Å². The SMILES string of the molecule is [B]CCCC(C)(C)C(C)(C)CC(C)(C)C. The maximum absolute atomic E-state index is 5.61. The quantitative estimate of drug-likeness (QED) is 0.567. The molecule has 0 bridgehead atoms. The molecule has 0 heterocycles. The van der Waals surface area contributed by atoms with E-state index in [2.05, 4.69) is 48.5 Å². The van der Waals surface area contributed by atoms with Gasteiger partial charge in [0.25, 0.3) is 0 Å². The average Bonchev–Trinajstić information content (AvgIpc) is 1.96. The van der Waals surface area contributed by atoms with Crippen molar-refractivity contribution in [1.29, 1.82) is 0 Å². The van der Waals surface area contributed by atoms with E-state index in [1.54, 1.807) is 0 Å². The molecule has 0 saturated heterocycles. The molecular weight excluding hydrogens is 179 g/mol. The lowest BCUT2D eigenvalue weighted by molar-refractivity contribution is 0.0500. The molecule has 0 aliphatic heterocycles. The highest BCUT2D eigenvalue weighted by Gasteiger charge is 2.38. The van der Waals surface area contributed by atoms with Crippen molar-refractivity contribution in [3.63, 3.8) is 0 Å². The van der Waals surface area contributed by atoms with Crippen molar-refractivity contribution in [3.05, 3.63) is 0 Å². The van der Waals surface area contributed by atoms with E-state index in [0.29, 0.717) is 16.2 Å². The molecule has 0 aromatic carbocycles. The molecule has 0 nitrogen and oxygen atoms in total. The molecule has 0 amide bonds. The minimum absolute atomic E-state index is 0.375. The van der Waals surface area contributed by atoms with Crippen LogP contribution < -0.4 is 0 Å². The van der Waals surface area contributed by atoms with Crippen LogP contribution in [0.4, 0.5) is 0 Å². The summed E-state index contributed by atoms with van der Waals surface area (Å²) in [6, 6.07) is 0. The fourth-order valence-electron chi connectivity index (χ4n) is 2.45. The zero-order valence-electron chi connectivity index (χ0n) is 11.9. The summed E-state index contributed by atoms with van der Waals surface area (Å²) in [5, 5.41) is 0. The van der Waals surface area contributed by atoms with Crippen LogP contribution in [0.15, 0.2) is 0 Å². The van der Waals surface area contributed by atoms with E-state index in [-0.39, 0.29) is 0 Å². The summed E-state index contributed by atoms with van der Waals surface area (Å²) in [4.78, 5) is 0. The van der Waals surface area contributed by atoms with Gasteiger partial charge in [0.15, 0.2) is 0 Å². The zero-order chi connectivity index (χ0) is 12.3. The lowest BCUT2D eigenvalue weighted by Gasteiger charge is -2.45. The van der Waals surface area contributed by atoms with Gasteiger partial charge < -0.3 is 0 Å². The molecule has 0 aromatic rings. The normalized spacial score (nSPS) is 14.3. The third kappa shape index (κ3) is 5.09. The van der Waals surface area contributed by atoms with E-state index in [1.165, 1.54) is 12.8 Å². The van der Waals surface area contributed by atoms with Crippen LogP contribution in [0.3, 0.4) is 0 Å². The van der Waals surface area contributed by atoms with Gasteiger partial charge in [0.1, 0.15) is 0 Å². The summed E-state index contributed by atoms with van der Waals surface area (Å²) in [5.41, 5.74) is 1.16. The molecule has 0 atom stereocenters. The van der Waals surface area contributed by atoms with Crippen LogP contribution in [0.25, 0.3) is 0 Å². The van der Waals surface area contributed by atoms with Gasteiger partial charge in [-0.05, 0) is 29.1 Å². The first-order valence-corrected chi connectivity index (χ1v) is 6.22. The second-order valence-corrected chi connectivity index (χ2v) is 7.40. The van der Waals surface area contributed by atoms with Gasteiger partial charge in [0, 0.05) is 0 Å². The predicted molar refractivity (Wildman–Crippen MR) is 71.4 cm³/mol. The van der Waals surface area contributed by atoms with Crippen LogP contribution in [0.5, 0.6) is 0 Å². The molecular formula is C14H29B. The Hall–Kier alpha value is 0.0649. The summed E-state index contributed by atoms with van der Waals surface area (Å²) in [6.07, 6.45) is 4.44. The second kappa shape index (κ2) is 4.93. The Balaban J connectivity index is 4.54. The van der Waals surface area contributed by atoms with E-state index in [9.17, 15) is 0 Å². The minimum Gasteiger partial charge on any atom is -0.0887 e. The minimum atomic E-state index is 0.375. The van der Waals surface area contributed by atoms with Crippen molar-refractivity contribution >= 4 is 7.85 Å². The summed E-state index contributed by atoms with van der Waals surface area (Å²) in [6.45, 7) is 16.5. The van der Waals surface area contributed by atoms with E-state index in [1.807, 2.05) is 0 Å². The maximum Gasteiger partial charge on any atom is 0.0653 e. The van der Waals surface area contributed by atoms with Crippen LogP contribution >= 0.6 is 0 Å². The van der Waals surface area contributed by atoms with Crippen LogP contribution in [-0.2, 0) is 0 Å². The fraction of sp³-hybridized carbons (Fsp3) is 1.00. The lowest BCUT2D eigenvalue weighted by atomic mass is 9.60. The largest absolute Gasteiger partial charge is 0.0887 e. The predicted octanol–water partition coefficient (Wildman–Crippen LogP) is 4.84. The molecule has 0 N–H and O–H groups in total. The molecule has 1 heteroatoms. The van der Waals surface area contributed by atoms with Gasteiger partial charge >= 0.3 is 0 Å². The molecule has 0 fully saturated rings. The highest BCUT2D eigenvalue weighted by molar-refractivity contribution is 6.08. The van der Waals surface area contributed by atoms with Crippen molar-refractivity contribution in [2.75, 3.05) is 0 Å². The Labute approximate surface area is 98.6 Å². The third-order valence-electron chi connectivity index (χ3n) is 3.81. The molecule has 0 unspecified atom stereocenters. The van der Waals surface area contributed by atoms with Crippen LogP contribution in [0.2, 0.25) is 6.32 Å². The first-order valence-electron chi connectivity index (χ1n) is 6.22. The van der Waals surface area contributed by atoms with Crippen LogP contribution in [-0.4, -0.2) is 7.85 Å². The molecule has 0 aliphatic rings. The Kier molecular flexibility index (Phi) is 4.95. The zero-order valence-corrected chi connectivity index (χ0v) is 11.9. The molecule has 88 valence electrons. The first-order chi connectivity index (χ1) is 6.52. The Morgan fingerprint density at radius 1 is 0.800 bits per heavy atom. The van der Waals surface area contributed by atoms with Gasteiger partial charge in [-0.15, -0.1) is 0 Å². The molecule has 15 heavy (non-hydrogen) atoms. The standard InChI is InChI=1S/C14H29B/c1-12(2,3)11-14(6,7)13(4,5)9-8-10-15/h8-11H2,1-7H3. The topological polar surface area (TPSA) is 0 Å². The Bertz CT molecular complexity index is 184. The average molecular weight is 208 g/mol. The van der Waals surface area contributed by atoms with E-state index in [4.69, 9.17) is 7.85 Å². The van der Waals surface area contributed by atoms with Crippen molar-refractivity contribution in [3.8, 4) is 0 Å². The Morgan fingerprint density at radius 2 is 1.27 bits per heavy atom. The fourth-order valence-corrected chi connectivity index (χ4v) is 2.45. The Morgan fingerprint density at radius 3 is 1.60 bits per heavy atom. The van der Waals surface area contributed by atoms with Gasteiger partial charge in [-0.3, -0.25) is 0 Å². The summed E-state index contributed by atoms with van der Waals surface area (Å²) >= 11 is 0. The summed E-state index contributed by atoms with van der Waals surface area (Å²) in [5.74, 6) is 0. The van der Waals surface area contributed by atoms with E-state index < -0.39 is 0 Å². The smallest absolute Gasteiger partial charge is 0.0653 e. The van der Waals surface area contributed by atoms with Gasteiger partial charge in [-0.2, -0.15) is 0 Å². The summed E-state index contributed by atoms with van der Waals surface area (Å²) < 4.78 is 0. The highest BCUT2D eigenvalue weighted by atomic mass is 14.4. The van der Waals surface area contributed by atoms with Crippen molar-refractivity contribution in [2.45, 2.75) is 74.0 Å². The van der Waals surface area contributed by atoms with Crippen molar-refractivity contribution < 1.29 is 0 Å². The monoisotopic (exact) mass is 208 g/mol. The van der Waals surface area contributed by atoms with Gasteiger partial charge in [0.05, 0.1) is 7.85 Å². The number of rotatable bonds is 5. The second-order valence-electron chi connectivity index (χ2n) is 7.40. The third-order valence-corrected chi connectivity index (χ3v) is 3.81. The van der Waals surface area contributed by atoms with Gasteiger partial charge in [0.2, 0.25) is 0 Å².